The molecule has 0 saturated carbocycles. The normalized spacial score (nSPS) is 13.3. The molecule has 6 nitrogen and oxygen atoms in total. The van der Waals surface area contributed by atoms with Crippen LogP contribution in [0, 0.1) is 11.3 Å². The van der Waals surface area contributed by atoms with E-state index in [0.717, 1.165) is 24.8 Å². The molecule has 2 aromatic carbocycles. The number of nitrogens with zero attached hydrogens (tertiary/aromatic N) is 1. The van der Waals surface area contributed by atoms with Gasteiger partial charge in [0.25, 0.3) is 5.91 Å². The van der Waals surface area contributed by atoms with Crippen molar-refractivity contribution in [1.29, 1.82) is 5.26 Å². The lowest BCUT2D eigenvalue weighted by molar-refractivity contribution is -0.129. The van der Waals surface area contributed by atoms with E-state index in [1.165, 1.54) is 18.2 Å². The van der Waals surface area contributed by atoms with Crippen LogP contribution in [0.15, 0.2) is 36.4 Å². The highest BCUT2D eigenvalue weighted by Crippen LogP contribution is 2.28. The van der Waals surface area contributed by atoms with Crippen molar-refractivity contribution in [2.75, 3.05) is 20.3 Å². The molecule has 0 fully saturated rings. The van der Waals surface area contributed by atoms with Gasteiger partial charge in [-0.15, -0.1) is 0 Å². The maximum atomic E-state index is 12.3. The van der Waals surface area contributed by atoms with Gasteiger partial charge in [-0.1, -0.05) is 24.3 Å². The van der Waals surface area contributed by atoms with Crippen LogP contribution in [0.2, 0.25) is 0 Å². The maximum absolute atomic E-state index is 12.3. The van der Waals surface area contributed by atoms with Gasteiger partial charge in [-0.25, -0.2) is 0 Å². The Labute approximate surface area is 164 Å². The number of benzene rings is 2. The van der Waals surface area contributed by atoms with Crippen molar-refractivity contribution >= 4 is 5.91 Å². The summed E-state index contributed by atoms with van der Waals surface area (Å²) < 4.78 is 10.6. The Hall–Kier alpha value is -3.04. The van der Waals surface area contributed by atoms with Gasteiger partial charge in [0.1, 0.15) is 6.07 Å². The van der Waals surface area contributed by atoms with E-state index in [2.05, 4.69) is 5.32 Å². The molecule has 146 valence electrons. The zero-order chi connectivity index (χ0) is 19.9. The Morgan fingerprint density at radius 3 is 2.82 bits per heavy atom. The predicted octanol–water partition coefficient (Wildman–Crippen LogP) is 2.48. The Morgan fingerprint density at radius 1 is 1.21 bits per heavy atom. The molecule has 2 aromatic rings. The van der Waals surface area contributed by atoms with E-state index in [1.54, 1.807) is 6.07 Å². The Bertz CT molecular complexity index is 889. The summed E-state index contributed by atoms with van der Waals surface area (Å²) >= 11 is 0. The van der Waals surface area contributed by atoms with E-state index in [4.69, 9.17) is 14.7 Å². The van der Waals surface area contributed by atoms with Crippen LogP contribution in [-0.4, -0.2) is 31.3 Å². The minimum atomic E-state index is -1.16. The first-order chi connectivity index (χ1) is 13.6. The third-order valence-corrected chi connectivity index (χ3v) is 4.92. The van der Waals surface area contributed by atoms with Crippen molar-refractivity contribution in [3.05, 3.63) is 58.7 Å². The minimum Gasteiger partial charge on any atom is -0.493 e. The van der Waals surface area contributed by atoms with Gasteiger partial charge in [-0.05, 0) is 60.1 Å². The highest BCUT2D eigenvalue weighted by molar-refractivity contribution is 5.82. The molecule has 28 heavy (non-hydrogen) atoms. The minimum absolute atomic E-state index is 0.0493. The first-order valence-electron chi connectivity index (χ1n) is 9.36. The average molecular weight is 380 g/mol. The van der Waals surface area contributed by atoms with Crippen molar-refractivity contribution in [1.82, 2.24) is 5.32 Å². The number of aliphatic hydroxyl groups is 1. The Balaban J connectivity index is 1.54. The van der Waals surface area contributed by atoms with Gasteiger partial charge in [0.15, 0.2) is 24.2 Å². The molecular weight excluding hydrogens is 356 g/mol. The molecule has 3 rings (SSSR count). The molecule has 1 aliphatic rings. The fraction of sp³-hybridized carbons (Fsp3) is 0.364. The van der Waals surface area contributed by atoms with Crippen molar-refractivity contribution in [2.24, 2.45) is 0 Å². The van der Waals surface area contributed by atoms with Crippen LogP contribution in [0.1, 0.15) is 34.8 Å². The molecule has 0 aromatic heterocycles. The molecule has 0 aliphatic heterocycles. The van der Waals surface area contributed by atoms with Crippen LogP contribution >= 0.6 is 0 Å². The molecular formula is C22H24N2O4. The fourth-order valence-corrected chi connectivity index (χ4v) is 3.44. The summed E-state index contributed by atoms with van der Waals surface area (Å²) in [5.41, 5.74) is 4.13. The molecule has 0 heterocycles. The summed E-state index contributed by atoms with van der Waals surface area (Å²) in [6.45, 7) is 0.342. The SMILES string of the molecule is COc1cc(CCNC(=O)C(O)c2ccc3c(c2)CCC3)ccc1OCC#N. The number of hydrogen-bond donors (Lipinski definition) is 2. The fourth-order valence-electron chi connectivity index (χ4n) is 3.44. The Morgan fingerprint density at radius 2 is 2.04 bits per heavy atom. The monoisotopic (exact) mass is 380 g/mol. The van der Waals surface area contributed by atoms with Crippen molar-refractivity contribution in [3.8, 4) is 17.6 Å². The van der Waals surface area contributed by atoms with E-state index >= 15 is 0 Å². The number of amides is 1. The molecule has 0 saturated heterocycles. The van der Waals surface area contributed by atoms with E-state index < -0.39 is 12.0 Å². The highest BCUT2D eigenvalue weighted by Gasteiger charge is 2.19. The summed E-state index contributed by atoms with van der Waals surface area (Å²) in [6.07, 6.45) is 2.62. The van der Waals surface area contributed by atoms with Crippen molar-refractivity contribution < 1.29 is 19.4 Å². The summed E-state index contributed by atoms with van der Waals surface area (Å²) in [4.78, 5) is 12.3. The van der Waals surface area contributed by atoms with E-state index in [9.17, 15) is 9.90 Å². The number of aliphatic hydroxyl groups excluding tert-OH is 1. The molecule has 1 atom stereocenters. The van der Waals surface area contributed by atoms with Gasteiger partial charge in [-0.2, -0.15) is 5.26 Å². The van der Waals surface area contributed by atoms with Gasteiger partial charge in [0.05, 0.1) is 7.11 Å². The van der Waals surface area contributed by atoms with Crippen LogP contribution < -0.4 is 14.8 Å². The van der Waals surface area contributed by atoms with Gasteiger partial charge in [0, 0.05) is 6.54 Å². The lowest BCUT2D eigenvalue weighted by Gasteiger charge is -2.14. The van der Waals surface area contributed by atoms with Crippen molar-refractivity contribution in [2.45, 2.75) is 31.8 Å². The van der Waals surface area contributed by atoms with Crippen molar-refractivity contribution in [3.63, 3.8) is 0 Å². The van der Waals surface area contributed by atoms with E-state index in [-0.39, 0.29) is 6.61 Å². The first-order valence-corrected chi connectivity index (χ1v) is 9.36. The molecule has 1 unspecified atom stereocenters. The Kier molecular flexibility index (Phi) is 6.51. The lowest BCUT2D eigenvalue weighted by atomic mass is 10.0. The maximum Gasteiger partial charge on any atom is 0.253 e. The second-order valence-corrected chi connectivity index (χ2v) is 6.76. The van der Waals surface area contributed by atoms with Gasteiger partial charge >= 0.3 is 0 Å². The van der Waals surface area contributed by atoms with E-state index in [1.807, 2.05) is 36.4 Å². The number of ether oxygens (including phenoxy) is 2. The number of fused-ring (bicyclic) bond motifs is 1. The molecule has 1 aliphatic carbocycles. The van der Waals surface area contributed by atoms with Gasteiger partial charge in [-0.3, -0.25) is 4.79 Å². The number of aryl methyl sites for hydroxylation is 2. The number of hydrogen-bond acceptors (Lipinski definition) is 5. The van der Waals surface area contributed by atoms with Gasteiger partial charge in [0.2, 0.25) is 0 Å². The molecule has 2 N–H and O–H groups in total. The summed E-state index contributed by atoms with van der Waals surface area (Å²) in [5.74, 6) is 0.639. The number of carbonyl (C=O) groups excluding carboxylic acids is 1. The number of methoxy groups -OCH3 is 1. The highest BCUT2D eigenvalue weighted by atomic mass is 16.5. The van der Waals surface area contributed by atoms with Crippen LogP contribution in [0.25, 0.3) is 0 Å². The first kappa shape index (κ1) is 19.7. The average Bonchev–Trinajstić information content (AvgIpc) is 3.19. The second kappa shape index (κ2) is 9.25. The quantitative estimate of drug-likeness (QED) is 0.734. The lowest BCUT2D eigenvalue weighted by Crippen LogP contribution is -2.31. The van der Waals surface area contributed by atoms with Crippen LogP contribution in [0.4, 0.5) is 0 Å². The summed E-state index contributed by atoms with van der Waals surface area (Å²) in [6, 6.07) is 13.1. The second-order valence-electron chi connectivity index (χ2n) is 6.76. The smallest absolute Gasteiger partial charge is 0.253 e. The zero-order valence-electron chi connectivity index (χ0n) is 15.9. The topological polar surface area (TPSA) is 91.6 Å². The third-order valence-electron chi connectivity index (χ3n) is 4.92. The molecule has 6 heteroatoms. The van der Waals surface area contributed by atoms with Crippen LogP contribution in [0.3, 0.4) is 0 Å². The summed E-state index contributed by atoms with van der Waals surface area (Å²) in [5, 5.41) is 21.7. The molecule has 0 spiro atoms. The standard InChI is InChI=1S/C22H24N2O4/c1-27-20-13-15(5-8-19(20)28-12-10-23)9-11-24-22(26)21(25)18-7-6-16-3-2-4-17(16)14-18/h5-8,13-14,21,25H,2-4,9,11-12H2,1H3,(H,24,26). The predicted molar refractivity (Wildman–Crippen MR) is 104 cm³/mol. The summed E-state index contributed by atoms with van der Waals surface area (Å²) in [7, 11) is 1.53. The number of nitriles is 1. The largest absolute Gasteiger partial charge is 0.493 e. The van der Waals surface area contributed by atoms with E-state index in [0.29, 0.717) is 30.0 Å². The molecule has 0 bridgehead atoms. The number of nitrogens with one attached hydrogen (secondary N) is 1. The molecule has 1 amide bonds. The zero-order valence-corrected chi connectivity index (χ0v) is 15.9. The number of rotatable bonds is 8. The van der Waals surface area contributed by atoms with Crippen LogP contribution in [0.5, 0.6) is 11.5 Å². The van der Waals surface area contributed by atoms with Gasteiger partial charge < -0.3 is 19.9 Å². The molecule has 0 radical (unpaired) electrons. The number of carbonyl (C=O) groups is 1. The van der Waals surface area contributed by atoms with Crippen LogP contribution in [-0.2, 0) is 24.1 Å². The third kappa shape index (κ3) is 4.62.